The van der Waals surface area contributed by atoms with Crippen LogP contribution in [-0.4, -0.2) is 11.0 Å². The third kappa shape index (κ3) is 4.20. The lowest BCUT2D eigenvalue weighted by Crippen LogP contribution is -2.51. The van der Waals surface area contributed by atoms with Gasteiger partial charge in [0.15, 0.2) is 16.7 Å². The van der Waals surface area contributed by atoms with Crippen molar-refractivity contribution in [1.82, 2.24) is 10.6 Å². The van der Waals surface area contributed by atoms with Crippen LogP contribution in [0.5, 0.6) is 0 Å². The van der Waals surface area contributed by atoms with Crippen LogP contribution in [0.1, 0.15) is 36.9 Å². The minimum Gasteiger partial charge on any atom is -0.354 e. The van der Waals surface area contributed by atoms with E-state index in [2.05, 4.69) is 36.4 Å². The minimum atomic E-state index is -1.03. The van der Waals surface area contributed by atoms with E-state index < -0.39 is 29.5 Å². The Balaban J connectivity index is 1.88. The van der Waals surface area contributed by atoms with Crippen molar-refractivity contribution in [3.8, 4) is 0 Å². The van der Waals surface area contributed by atoms with E-state index in [0.29, 0.717) is 16.7 Å². The fraction of sp³-hybridized carbons (Fsp3) is 0.238. The molecule has 2 aromatic rings. The summed E-state index contributed by atoms with van der Waals surface area (Å²) in [7, 11) is 0. The van der Waals surface area contributed by atoms with Crippen LogP contribution < -0.4 is 16.0 Å². The van der Waals surface area contributed by atoms with Crippen LogP contribution in [0.4, 0.5) is 14.5 Å². The number of amides is 1. The summed E-state index contributed by atoms with van der Waals surface area (Å²) < 4.78 is 26.6. The second-order valence-electron chi connectivity index (χ2n) is 7.02. The van der Waals surface area contributed by atoms with Gasteiger partial charge in [0, 0.05) is 17.5 Å². The lowest BCUT2D eigenvalue weighted by molar-refractivity contribution is -0.119. The van der Waals surface area contributed by atoms with Gasteiger partial charge in [-0.2, -0.15) is 0 Å². The van der Waals surface area contributed by atoms with E-state index in [1.54, 1.807) is 0 Å². The van der Waals surface area contributed by atoms with Gasteiger partial charge < -0.3 is 16.0 Å². The Labute approximate surface area is 168 Å². The molecule has 0 aromatic heterocycles. The maximum atomic E-state index is 13.5. The number of nitrogens with one attached hydrogen (secondary N) is 3. The second kappa shape index (κ2) is 8.06. The predicted octanol–water partition coefficient (Wildman–Crippen LogP) is 4.38. The number of thiocarbonyl (C=S) groups is 1. The number of carbonyl (C=O) groups excluding carboxylic acids is 1. The molecular formula is C21H21F2N3OS. The monoisotopic (exact) mass is 401 g/mol. The number of halogens is 2. The van der Waals surface area contributed by atoms with E-state index in [1.165, 1.54) is 11.6 Å². The highest BCUT2D eigenvalue weighted by atomic mass is 32.1. The van der Waals surface area contributed by atoms with Crippen molar-refractivity contribution < 1.29 is 13.6 Å². The number of benzene rings is 2. The molecule has 7 heteroatoms. The van der Waals surface area contributed by atoms with E-state index in [-0.39, 0.29) is 5.69 Å². The zero-order valence-electron chi connectivity index (χ0n) is 15.6. The minimum absolute atomic E-state index is 0.166. The molecule has 1 amide bonds. The summed E-state index contributed by atoms with van der Waals surface area (Å²) in [5.74, 6) is -2.73. The molecule has 2 aromatic carbocycles. The van der Waals surface area contributed by atoms with E-state index in [9.17, 15) is 13.6 Å². The quantitative estimate of drug-likeness (QED) is 0.666. The first-order valence-corrected chi connectivity index (χ1v) is 9.29. The number of anilines is 1. The highest BCUT2D eigenvalue weighted by Gasteiger charge is 2.36. The highest BCUT2D eigenvalue weighted by Crippen LogP contribution is 2.31. The van der Waals surface area contributed by atoms with Crippen LogP contribution in [0.2, 0.25) is 0 Å². The van der Waals surface area contributed by atoms with Crippen LogP contribution in [0.15, 0.2) is 54.7 Å². The summed E-state index contributed by atoms with van der Waals surface area (Å²) in [6.45, 7) is 8.14. The van der Waals surface area contributed by atoms with E-state index >= 15 is 0 Å². The largest absolute Gasteiger partial charge is 0.354 e. The molecule has 0 saturated carbocycles. The summed E-state index contributed by atoms with van der Waals surface area (Å²) in [5, 5.41) is 8.99. The van der Waals surface area contributed by atoms with Crippen LogP contribution in [0.25, 0.3) is 0 Å². The average Bonchev–Trinajstić information content (AvgIpc) is 2.64. The van der Waals surface area contributed by atoms with Crippen molar-refractivity contribution in [2.24, 2.45) is 5.92 Å². The maximum Gasteiger partial charge on any atom is 0.235 e. The molecule has 3 N–H and O–H groups in total. The third-order valence-corrected chi connectivity index (χ3v) is 4.92. The van der Waals surface area contributed by atoms with Gasteiger partial charge in [0.05, 0.1) is 6.04 Å². The Bertz CT molecular complexity index is 928. The first-order valence-electron chi connectivity index (χ1n) is 8.88. The molecule has 1 aliphatic rings. The van der Waals surface area contributed by atoms with Crippen LogP contribution in [-0.2, 0) is 4.79 Å². The summed E-state index contributed by atoms with van der Waals surface area (Å²) in [4.78, 5) is 12.9. The molecule has 1 aliphatic heterocycles. The van der Waals surface area contributed by atoms with Gasteiger partial charge in [-0.25, -0.2) is 8.78 Å². The molecule has 28 heavy (non-hydrogen) atoms. The Morgan fingerprint density at radius 3 is 2.43 bits per heavy atom. The van der Waals surface area contributed by atoms with Gasteiger partial charge >= 0.3 is 0 Å². The van der Waals surface area contributed by atoms with E-state index in [0.717, 1.165) is 17.7 Å². The van der Waals surface area contributed by atoms with Crippen molar-refractivity contribution in [1.29, 1.82) is 0 Å². The molecular weight excluding hydrogens is 380 g/mol. The summed E-state index contributed by atoms with van der Waals surface area (Å²) in [5.41, 5.74) is 2.65. The van der Waals surface area contributed by atoms with E-state index in [1.807, 2.05) is 24.3 Å². The molecule has 1 heterocycles. The molecule has 0 bridgehead atoms. The molecule has 4 nitrogen and oxygen atoms in total. The summed E-state index contributed by atoms with van der Waals surface area (Å²) in [6, 6.07) is 10.7. The van der Waals surface area contributed by atoms with Crippen molar-refractivity contribution in [3.63, 3.8) is 0 Å². The zero-order chi connectivity index (χ0) is 20.4. The number of hydrogen-bond acceptors (Lipinski definition) is 2. The standard InChI is InChI=1S/C21H21F2N3OS/c1-11(2)13-4-6-14(7-5-13)19-18(12(3)24-21(28)26-19)20(27)25-15-8-9-16(22)17(23)10-15/h4-11,18-19H,3H2,1-2H3,(H,25,27)(H2,24,26,28)/t18-,19-/m1/s1. The van der Waals surface area contributed by atoms with Gasteiger partial charge in [0.1, 0.15) is 5.92 Å². The molecule has 1 fully saturated rings. The lowest BCUT2D eigenvalue weighted by Gasteiger charge is -2.35. The molecule has 2 atom stereocenters. The van der Waals surface area contributed by atoms with Crippen LogP contribution in [0.3, 0.4) is 0 Å². The summed E-state index contributed by atoms with van der Waals surface area (Å²) >= 11 is 5.22. The molecule has 146 valence electrons. The van der Waals surface area contributed by atoms with Crippen molar-refractivity contribution in [2.75, 3.05) is 5.32 Å². The highest BCUT2D eigenvalue weighted by molar-refractivity contribution is 7.80. The van der Waals surface area contributed by atoms with Crippen molar-refractivity contribution >= 4 is 28.9 Å². The predicted molar refractivity (Wildman–Crippen MR) is 110 cm³/mol. The van der Waals surface area contributed by atoms with Crippen molar-refractivity contribution in [2.45, 2.75) is 25.8 Å². The van der Waals surface area contributed by atoms with Gasteiger partial charge in [-0.15, -0.1) is 0 Å². The Morgan fingerprint density at radius 2 is 1.82 bits per heavy atom. The second-order valence-corrected chi connectivity index (χ2v) is 7.43. The van der Waals surface area contributed by atoms with Crippen LogP contribution >= 0.6 is 12.2 Å². The maximum absolute atomic E-state index is 13.5. The number of rotatable bonds is 4. The smallest absolute Gasteiger partial charge is 0.235 e. The zero-order valence-corrected chi connectivity index (χ0v) is 16.4. The van der Waals surface area contributed by atoms with Gasteiger partial charge in [0.25, 0.3) is 0 Å². The van der Waals surface area contributed by atoms with Crippen LogP contribution in [0, 0.1) is 17.6 Å². The number of hydrogen-bond donors (Lipinski definition) is 3. The SMILES string of the molecule is C=C1NC(=S)N[C@H](c2ccc(C(C)C)cc2)[C@@H]1C(=O)Nc1ccc(F)c(F)c1. The Hall–Kier alpha value is -2.80. The average molecular weight is 401 g/mol. The van der Waals surface area contributed by atoms with Gasteiger partial charge in [0.2, 0.25) is 5.91 Å². The van der Waals surface area contributed by atoms with Gasteiger partial charge in [-0.1, -0.05) is 44.7 Å². The third-order valence-electron chi connectivity index (χ3n) is 4.70. The molecule has 3 rings (SSSR count). The molecule has 0 spiro atoms. The molecule has 0 radical (unpaired) electrons. The normalized spacial score (nSPS) is 19.2. The first-order chi connectivity index (χ1) is 13.3. The Morgan fingerprint density at radius 1 is 1.14 bits per heavy atom. The fourth-order valence-corrected chi connectivity index (χ4v) is 3.41. The molecule has 1 saturated heterocycles. The molecule has 0 aliphatic carbocycles. The summed E-state index contributed by atoms with van der Waals surface area (Å²) in [6.07, 6.45) is 0. The van der Waals surface area contributed by atoms with Gasteiger partial charge in [-0.3, -0.25) is 4.79 Å². The first kappa shape index (κ1) is 19.9. The van der Waals surface area contributed by atoms with Gasteiger partial charge in [-0.05, 0) is 41.4 Å². The van der Waals surface area contributed by atoms with E-state index in [4.69, 9.17) is 12.2 Å². The Kier molecular flexibility index (Phi) is 5.74. The molecule has 0 unspecified atom stereocenters. The van der Waals surface area contributed by atoms with Crippen molar-refractivity contribution in [3.05, 3.63) is 77.5 Å². The topological polar surface area (TPSA) is 53.2 Å². The fourth-order valence-electron chi connectivity index (χ4n) is 3.15. The number of carbonyl (C=O) groups is 1. The lowest BCUT2D eigenvalue weighted by atomic mass is 9.87.